The van der Waals surface area contributed by atoms with E-state index in [0.717, 1.165) is 32.1 Å². The van der Waals surface area contributed by atoms with Crippen LogP contribution in [0.2, 0.25) is 0 Å². The predicted molar refractivity (Wildman–Crippen MR) is 79.2 cm³/mol. The quantitative estimate of drug-likeness (QED) is 0.732. The summed E-state index contributed by atoms with van der Waals surface area (Å²) in [4.78, 5) is 12.6. The Hall–Kier alpha value is -0.260. The summed E-state index contributed by atoms with van der Waals surface area (Å²) in [7, 11) is 0. The summed E-state index contributed by atoms with van der Waals surface area (Å²) in [5.41, 5.74) is 0. The van der Waals surface area contributed by atoms with E-state index in [2.05, 4.69) is 21.2 Å². The lowest BCUT2D eigenvalue weighted by Gasteiger charge is -2.33. The van der Waals surface area contributed by atoms with Crippen LogP contribution in [0.4, 0.5) is 13.2 Å². The number of hydrogen-bond donors (Lipinski definition) is 1. The molecule has 0 saturated heterocycles. The van der Waals surface area contributed by atoms with Gasteiger partial charge in [-0.25, -0.2) is 0 Å². The van der Waals surface area contributed by atoms with Crippen molar-refractivity contribution in [1.82, 2.24) is 5.32 Å². The SMILES string of the molecule is O=C(NCC1CCCC(Br)C1)C1CCCCC1C(F)(F)F. The van der Waals surface area contributed by atoms with Crippen molar-refractivity contribution in [3.8, 4) is 0 Å². The predicted octanol–water partition coefficient (Wildman–Crippen LogP) is 4.43. The molecule has 1 amide bonds. The molecule has 122 valence electrons. The minimum atomic E-state index is -4.26. The number of carbonyl (C=O) groups excluding carboxylic acids is 1. The van der Waals surface area contributed by atoms with E-state index in [9.17, 15) is 18.0 Å². The van der Waals surface area contributed by atoms with Gasteiger partial charge in [-0.1, -0.05) is 35.2 Å². The monoisotopic (exact) mass is 369 g/mol. The molecule has 6 heteroatoms. The Labute approximate surface area is 132 Å². The van der Waals surface area contributed by atoms with Gasteiger partial charge in [0.15, 0.2) is 0 Å². The first-order valence-electron chi connectivity index (χ1n) is 7.86. The summed E-state index contributed by atoms with van der Waals surface area (Å²) in [6, 6.07) is 0. The van der Waals surface area contributed by atoms with Crippen LogP contribution in [0.5, 0.6) is 0 Å². The maximum absolute atomic E-state index is 13.0. The van der Waals surface area contributed by atoms with Gasteiger partial charge in [0, 0.05) is 17.3 Å². The van der Waals surface area contributed by atoms with Gasteiger partial charge >= 0.3 is 6.18 Å². The van der Waals surface area contributed by atoms with E-state index >= 15 is 0 Å². The van der Waals surface area contributed by atoms with Crippen molar-refractivity contribution in [3.05, 3.63) is 0 Å². The minimum absolute atomic E-state index is 0.0918. The molecule has 4 unspecified atom stereocenters. The first-order chi connectivity index (χ1) is 9.88. The van der Waals surface area contributed by atoms with Crippen LogP contribution in [0.1, 0.15) is 51.4 Å². The molecule has 1 N–H and O–H groups in total. The maximum Gasteiger partial charge on any atom is 0.392 e. The molecule has 21 heavy (non-hydrogen) atoms. The number of hydrogen-bond acceptors (Lipinski definition) is 1. The number of amides is 1. The Bertz CT molecular complexity index is 361. The zero-order chi connectivity index (χ0) is 15.5. The van der Waals surface area contributed by atoms with Crippen molar-refractivity contribution in [3.63, 3.8) is 0 Å². The minimum Gasteiger partial charge on any atom is -0.356 e. The summed E-state index contributed by atoms with van der Waals surface area (Å²) in [6.07, 6.45) is 1.79. The van der Waals surface area contributed by atoms with E-state index < -0.39 is 23.9 Å². The van der Waals surface area contributed by atoms with Gasteiger partial charge in [-0.15, -0.1) is 0 Å². The van der Waals surface area contributed by atoms with Crippen LogP contribution in [0.3, 0.4) is 0 Å². The normalized spacial score (nSPS) is 34.5. The molecule has 2 saturated carbocycles. The van der Waals surface area contributed by atoms with Crippen molar-refractivity contribution in [2.75, 3.05) is 6.54 Å². The lowest BCUT2D eigenvalue weighted by Crippen LogP contribution is -2.44. The molecular formula is C15H23BrF3NO. The fourth-order valence-electron chi connectivity index (χ4n) is 3.62. The third-order valence-corrected chi connectivity index (χ3v) is 5.64. The largest absolute Gasteiger partial charge is 0.392 e. The Morgan fingerprint density at radius 3 is 2.48 bits per heavy atom. The molecule has 0 bridgehead atoms. The standard InChI is InChI=1S/C15H23BrF3NO/c16-11-5-3-4-10(8-11)9-20-14(21)12-6-1-2-7-13(12)15(17,18)19/h10-13H,1-9H2,(H,20,21). The van der Waals surface area contributed by atoms with Gasteiger partial charge in [0.2, 0.25) is 5.91 Å². The van der Waals surface area contributed by atoms with Gasteiger partial charge in [0.25, 0.3) is 0 Å². The third kappa shape index (κ3) is 4.86. The van der Waals surface area contributed by atoms with Gasteiger partial charge in [-0.05, 0) is 38.0 Å². The first-order valence-corrected chi connectivity index (χ1v) is 8.78. The smallest absolute Gasteiger partial charge is 0.356 e. The molecule has 2 rings (SSSR count). The number of carbonyl (C=O) groups is 1. The second-order valence-corrected chi connectivity index (χ2v) is 7.71. The molecule has 0 aromatic heterocycles. The van der Waals surface area contributed by atoms with Crippen molar-refractivity contribution in [2.24, 2.45) is 17.8 Å². The zero-order valence-electron chi connectivity index (χ0n) is 12.1. The molecule has 0 heterocycles. The van der Waals surface area contributed by atoms with Gasteiger partial charge in [-0.2, -0.15) is 13.2 Å². The molecule has 0 spiro atoms. The van der Waals surface area contributed by atoms with Gasteiger partial charge < -0.3 is 5.32 Å². The molecule has 4 atom stereocenters. The molecule has 0 aromatic carbocycles. The lowest BCUT2D eigenvalue weighted by molar-refractivity contribution is -0.198. The molecule has 2 fully saturated rings. The van der Waals surface area contributed by atoms with Crippen LogP contribution in [0.15, 0.2) is 0 Å². The summed E-state index contributed by atoms with van der Waals surface area (Å²) in [6.45, 7) is 0.516. The highest BCUT2D eigenvalue weighted by atomic mass is 79.9. The average molecular weight is 370 g/mol. The molecule has 0 aliphatic heterocycles. The number of rotatable bonds is 3. The fraction of sp³-hybridized carbons (Fsp3) is 0.933. The summed E-state index contributed by atoms with van der Waals surface area (Å²) in [5, 5.41) is 2.78. The van der Waals surface area contributed by atoms with Gasteiger partial charge in [-0.3, -0.25) is 4.79 Å². The second-order valence-electron chi connectivity index (χ2n) is 6.41. The second kappa shape index (κ2) is 7.34. The first kappa shape index (κ1) is 17.1. The van der Waals surface area contributed by atoms with E-state index in [1.807, 2.05) is 0 Å². The fourth-order valence-corrected chi connectivity index (χ4v) is 4.48. The topological polar surface area (TPSA) is 29.1 Å². The van der Waals surface area contributed by atoms with Crippen LogP contribution in [0.25, 0.3) is 0 Å². The van der Waals surface area contributed by atoms with E-state index in [-0.39, 0.29) is 6.42 Å². The van der Waals surface area contributed by atoms with Crippen LogP contribution >= 0.6 is 15.9 Å². The molecular weight excluding hydrogens is 347 g/mol. The zero-order valence-corrected chi connectivity index (χ0v) is 13.7. The summed E-state index contributed by atoms with van der Waals surface area (Å²) in [5.74, 6) is -2.35. The molecule has 2 aliphatic carbocycles. The summed E-state index contributed by atoms with van der Waals surface area (Å²) < 4.78 is 39.0. The van der Waals surface area contributed by atoms with Crippen molar-refractivity contribution in [2.45, 2.75) is 62.4 Å². The molecule has 2 aliphatic rings. The van der Waals surface area contributed by atoms with Crippen LogP contribution in [0, 0.1) is 17.8 Å². The number of nitrogens with one attached hydrogen (secondary N) is 1. The maximum atomic E-state index is 13.0. The highest BCUT2D eigenvalue weighted by Gasteiger charge is 2.48. The number of alkyl halides is 4. The van der Waals surface area contributed by atoms with Crippen LogP contribution < -0.4 is 5.32 Å². The molecule has 2 nitrogen and oxygen atoms in total. The Kier molecular flexibility index (Phi) is 5.97. The lowest BCUT2D eigenvalue weighted by atomic mass is 9.78. The third-order valence-electron chi connectivity index (χ3n) is 4.81. The van der Waals surface area contributed by atoms with Crippen molar-refractivity contribution >= 4 is 21.8 Å². The van der Waals surface area contributed by atoms with Crippen molar-refractivity contribution in [1.29, 1.82) is 0 Å². The van der Waals surface area contributed by atoms with Crippen LogP contribution in [-0.2, 0) is 4.79 Å². The Morgan fingerprint density at radius 1 is 1.10 bits per heavy atom. The highest BCUT2D eigenvalue weighted by Crippen LogP contribution is 2.41. The van der Waals surface area contributed by atoms with E-state index in [1.165, 1.54) is 0 Å². The molecule has 0 aromatic rings. The number of halogens is 4. The van der Waals surface area contributed by atoms with E-state index in [1.54, 1.807) is 0 Å². The highest BCUT2D eigenvalue weighted by molar-refractivity contribution is 9.09. The average Bonchev–Trinajstić information content (AvgIpc) is 2.44. The summed E-state index contributed by atoms with van der Waals surface area (Å²) >= 11 is 3.59. The van der Waals surface area contributed by atoms with Gasteiger partial charge in [0.1, 0.15) is 0 Å². The molecule has 0 radical (unpaired) electrons. The Balaban J connectivity index is 1.86. The van der Waals surface area contributed by atoms with E-state index in [4.69, 9.17) is 0 Å². The van der Waals surface area contributed by atoms with Crippen molar-refractivity contribution < 1.29 is 18.0 Å². The van der Waals surface area contributed by atoms with Gasteiger partial charge in [0.05, 0.1) is 5.92 Å². The Morgan fingerprint density at radius 2 is 1.81 bits per heavy atom. The van der Waals surface area contributed by atoms with Crippen LogP contribution in [-0.4, -0.2) is 23.5 Å². The van der Waals surface area contributed by atoms with E-state index in [0.29, 0.717) is 30.1 Å².